The lowest BCUT2D eigenvalue weighted by molar-refractivity contribution is 0.0716. The van der Waals surface area contributed by atoms with E-state index in [4.69, 9.17) is 9.47 Å². The van der Waals surface area contributed by atoms with Crippen LogP contribution in [0.15, 0.2) is 59.9 Å². The number of hydrogen-bond donors (Lipinski definition) is 0. The highest BCUT2D eigenvalue weighted by atomic mass is 32.2. The van der Waals surface area contributed by atoms with E-state index in [9.17, 15) is 17.6 Å². The van der Waals surface area contributed by atoms with Crippen LogP contribution >= 0.6 is 0 Å². The summed E-state index contributed by atoms with van der Waals surface area (Å²) in [5.41, 5.74) is 1.34. The van der Waals surface area contributed by atoms with Gasteiger partial charge in [-0.15, -0.1) is 0 Å². The first-order chi connectivity index (χ1) is 17.1. The molecule has 3 aromatic rings. The number of sulfone groups is 1. The van der Waals surface area contributed by atoms with E-state index in [0.29, 0.717) is 23.6 Å². The van der Waals surface area contributed by atoms with E-state index < -0.39 is 15.7 Å². The summed E-state index contributed by atoms with van der Waals surface area (Å²) in [6.45, 7) is 4.95. The minimum atomic E-state index is -3.83. The maximum absolute atomic E-state index is 13.8. The predicted molar refractivity (Wildman–Crippen MR) is 134 cm³/mol. The Morgan fingerprint density at radius 3 is 2.56 bits per heavy atom. The third kappa shape index (κ3) is 6.92. The van der Waals surface area contributed by atoms with Crippen molar-refractivity contribution in [1.82, 2.24) is 14.5 Å². The summed E-state index contributed by atoms with van der Waals surface area (Å²) >= 11 is 0. The fourth-order valence-electron chi connectivity index (χ4n) is 3.89. The van der Waals surface area contributed by atoms with Gasteiger partial charge in [0, 0.05) is 25.8 Å². The lowest BCUT2D eigenvalue weighted by Crippen LogP contribution is -2.34. The number of imidazole rings is 1. The number of halogens is 1. The van der Waals surface area contributed by atoms with Crippen molar-refractivity contribution in [2.45, 2.75) is 37.8 Å². The Morgan fingerprint density at radius 2 is 1.89 bits per heavy atom. The van der Waals surface area contributed by atoms with E-state index in [0.717, 1.165) is 0 Å². The molecule has 3 rings (SSSR count). The molecule has 36 heavy (non-hydrogen) atoms. The van der Waals surface area contributed by atoms with Crippen LogP contribution in [0.1, 0.15) is 35.5 Å². The van der Waals surface area contributed by atoms with Crippen LogP contribution in [0, 0.1) is 11.7 Å². The maximum Gasteiger partial charge on any atom is 0.254 e. The molecule has 1 heterocycles. The van der Waals surface area contributed by atoms with Gasteiger partial charge < -0.3 is 18.9 Å². The van der Waals surface area contributed by atoms with Crippen molar-refractivity contribution in [3.8, 4) is 5.75 Å². The van der Waals surface area contributed by atoms with Gasteiger partial charge >= 0.3 is 0 Å². The Morgan fingerprint density at radius 1 is 1.14 bits per heavy atom. The molecule has 0 unspecified atom stereocenters. The van der Waals surface area contributed by atoms with Crippen LogP contribution in [0.25, 0.3) is 0 Å². The van der Waals surface area contributed by atoms with Gasteiger partial charge in [0.15, 0.2) is 0 Å². The van der Waals surface area contributed by atoms with E-state index in [1.807, 2.05) is 13.8 Å². The van der Waals surface area contributed by atoms with Gasteiger partial charge in [0.05, 0.1) is 37.9 Å². The summed E-state index contributed by atoms with van der Waals surface area (Å²) in [6, 6.07) is 12.4. The first-order valence-electron chi connectivity index (χ1n) is 11.6. The molecular formula is C26H32FN3O5S. The molecule has 0 radical (unpaired) electrons. The van der Waals surface area contributed by atoms with Crippen LogP contribution < -0.4 is 4.74 Å². The number of nitrogens with zero attached hydrogens (tertiary/aromatic N) is 3. The Balaban J connectivity index is 1.95. The van der Waals surface area contributed by atoms with Crippen molar-refractivity contribution < 1.29 is 27.1 Å². The average Bonchev–Trinajstić information content (AvgIpc) is 3.24. The zero-order chi connectivity index (χ0) is 26.3. The molecule has 0 saturated heterocycles. The SMILES string of the molecule is COCCn1c(CN(CC(C)C)C(=O)c2cccc(F)c2)cnc1S(=O)(=O)Cc1cccc(OC)c1. The van der Waals surface area contributed by atoms with Crippen LogP contribution in [0.2, 0.25) is 0 Å². The molecule has 10 heteroatoms. The van der Waals surface area contributed by atoms with Crippen molar-refractivity contribution in [3.63, 3.8) is 0 Å². The number of aromatic nitrogens is 2. The Bertz CT molecular complexity index is 1290. The highest BCUT2D eigenvalue weighted by Gasteiger charge is 2.26. The van der Waals surface area contributed by atoms with E-state index in [1.165, 1.54) is 38.6 Å². The topological polar surface area (TPSA) is 90.7 Å². The quantitative estimate of drug-likeness (QED) is 0.361. The fourth-order valence-corrected chi connectivity index (χ4v) is 5.40. The van der Waals surface area contributed by atoms with E-state index in [-0.39, 0.29) is 48.0 Å². The van der Waals surface area contributed by atoms with Crippen molar-refractivity contribution in [3.05, 3.63) is 77.4 Å². The first kappa shape index (κ1) is 27.3. The summed E-state index contributed by atoms with van der Waals surface area (Å²) in [5.74, 6) is -0.406. The summed E-state index contributed by atoms with van der Waals surface area (Å²) in [7, 11) is -0.781. The molecule has 2 aromatic carbocycles. The molecule has 0 N–H and O–H groups in total. The molecule has 0 fully saturated rings. The van der Waals surface area contributed by atoms with Gasteiger partial charge in [0.2, 0.25) is 15.0 Å². The Kier molecular flexibility index (Phi) is 9.22. The number of amides is 1. The van der Waals surface area contributed by atoms with Crippen molar-refractivity contribution in [2.75, 3.05) is 27.4 Å². The zero-order valence-electron chi connectivity index (χ0n) is 21.0. The number of carbonyl (C=O) groups excluding carboxylic acids is 1. The molecule has 194 valence electrons. The van der Waals surface area contributed by atoms with E-state index in [2.05, 4.69) is 4.98 Å². The molecule has 0 aliphatic heterocycles. The summed E-state index contributed by atoms with van der Waals surface area (Å²) in [5, 5.41) is -0.0972. The van der Waals surface area contributed by atoms with Gasteiger partial charge in [0.1, 0.15) is 11.6 Å². The third-order valence-corrected chi connectivity index (χ3v) is 7.08. The molecule has 1 aromatic heterocycles. The minimum Gasteiger partial charge on any atom is -0.497 e. The standard InChI is InChI=1S/C26H32FN3O5S/c1-19(2)16-29(25(31)21-8-6-9-22(27)14-21)17-23-15-28-26(30(23)11-12-34-3)36(32,33)18-20-7-5-10-24(13-20)35-4/h5-10,13-15,19H,11-12,16-18H2,1-4H3. The number of ether oxygens (including phenoxy) is 2. The smallest absolute Gasteiger partial charge is 0.254 e. The molecule has 0 atom stereocenters. The summed E-state index contributed by atoms with van der Waals surface area (Å²) in [6.07, 6.45) is 1.47. The summed E-state index contributed by atoms with van der Waals surface area (Å²) in [4.78, 5) is 19.1. The minimum absolute atomic E-state index is 0.0972. The number of methoxy groups -OCH3 is 2. The van der Waals surface area contributed by atoms with E-state index >= 15 is 0 Å². The van der Waals surface area contributed by atoms with Crippen LogP contribution in [-0.4, -0.2) is 56.1 Å². The molecular weight excluding hydrogens is 485 g/mol. The van der Waals surface area contributed by atoms with Gasteiger partial charge in [0.25, 0.3) is 5.91 Å². The highest BCUT2D eigenvalue weighted by molar-refractivity contribution is 7.90. The Hall–Kier alpha value is -3.24. The normalized spacial score (nSPS) is 11.6. The van der Waals surface area contributed by atoms with Gasteiger partial charge in [-0.1, -0.05) is 32.0 Å². The molecule has 8 nitrogen and oxygen atoms in total. The fraction of sp³-hybridized carbons (Fsp3) is 0.385. The maximum atomic E-state index is 13.8. The molecule has 0 spiro atoms. The zero-order valence-corrected chi connectivity index (χ0v) is 21.8. The second kappa shape index (κ2) is 12.1. The molecule has 1 amide bonds. The number of hydrogen-bond acceptors (Lipinski definition) is 6. The monoisotopic (exact) mass is 517 g/mol. The van der Waals surface area contributed by atoms with Crippen LogP contribution in [0.3, 0.4) is 0 Å². The third-order valence-electron chi connectivity index (χ3n) is 5.49. The first-order valence-corrected chi connectivity index (χ1v) is 13.2. The molecule has 0 aliphatic carbocycles. The van der Waals surface area contributed by atoms with Gasteiger partial charge in [-0.25, -0.2) is 17.8 Å². The lowest BCUT2D eigenvalue weighted by Gasteiger charge is -2.25. The van der Waals surface area contributed by atoms with E-state index in [1.54, 1.807) is 39.8 Å². The number of carbonyl (C=O) groups is 1. The number of rotatable bonds is 12. The van der Waals surface area contributed by atoms with Gasteiger partial charge in [-0.2, -0.15) is 0 Å². The summed E-state index contributed by atoms with van der Waals surface area (Å²) < 4.78 is 52.5. The van der Waals surface area contributed by atoms with Gasteiger partial charge in [-0.05, 0) is 41.8 Å². The van der Waals surface area contributed by atoms with Gasteiger partial charge in [-0.3, -0.25) is 4.79 Å². The van der Waals surface area contributed by atoms with Crippen molar-refractivity contribution >= 4 is 15.7 Å². The van der Waals surface area contributed by atoms with Crippen LogP contribution in [0.4, 0.5) is 4.39 Å². The van der Waals surface area contributed by atoms with Crippen LogP contribution in [-0.2, 0) is 33.4 Å². The second-order valence-electron chi connectivity index (χ2n) is 8.88. The molecule has 0 aliphatic rings. The lowest BCUT2D eigenvalue weighted by atomic mass is 10.1. The largest absolute Gasteiger partial charge is 0.497 e. The molecule has 0 saturated carbocycles. The van der Waals surface area contributed by atoms with Crippen LogP contribution in [0.5, 0.6) is 5.75 Å². The van der Waals surface area contributed by atoms with Crippen molar-refractivity contribution in [2.24, 2.45) is 5.92 Å². The van der Waals surface area contributed by atoms with Crippen molar-refractivity contribution in [1.29, 1.82) is 0 Å². The highest BCUT2D eigenvalue weighted by Crippen LogP contribution is 2.22. The number of benzene rings is 2. The average molecular weight is 518 g/mol. The molecule has 0 bridgehead atoms. The predicted octanol–water partition coefficient (Wildman–Crippen LogP) is 3.95. The second-order valence-corrected chi connectivity index (χ2v) is 10.8. The Labute approximate surface area is 211 Å².